The fourth-order valence-electron chi connectivity index (χ4n) is 2.92. The number of benzene rings is 2. The summed E-state index contributed by atoms with van der Waals surface area (Å²) < 4.78 is 11.0. The maximum atomic E-state index is 12.9. The summed E-state index contributed by atoms with van der Waals surface area (Å²) in [5, 5.41) is 0.737. The zero-order chi connectivity index (χ0) is 19.2. The molecule has 3 rings (SSSR count). The minimum atomic E-state index is -0.0934. The first-order chi connectivity index (χ1) is 13.1. The first kappa shape index (κ1) is 19.3. The maximum absolute atomic E-state index is 12.9. The van der Waals surface area contributed by atoms with Gasteiger partial charge < -0.3 is 9.47 Å². The Morgan fingerprint density at radius 2 is 2.00 bits per heavy atom. The minimum absolute atomic E-state index is 0.0513. The molecule has 1 aliphatic heterocycles. The molecule has 27 heavy (non-hydrogen) atoms. The van der Waals surface area contributed by atoms with Gasteiger partial charge in [-0.25, -0.2) is 4.99 Å². The van der Waals surface area contributed by atoms with Crippen molar-refractivity contribution in [3.05, 3.63) is 54.1 Å². The van der Waals surface area contributed by atoms with Crippen LogP contribution in [-0.2, 0) is 4.79 Å². The standard InChI is InChI=1S/C21H24N2O3S/c1-4-17-14-27-21(22-16-9-7-8-15(2)12-16)23(17)20(24)13-26-19-11-6-5-10-18(19)25-3/h5-12,17H,4,13-14H2,1-3H3/t17-/m1/s1. The van der Waals surface area contributed by atoms with E-state index in [1.54, 1.807) is 29.8 Å². The highest BCUT2D eigenvalue weighted by Gasteiger charge is 2.34. The Morgan fingerprint density at radius 1 is 1.22 bits per heavy atom. The Hall–Kier alpha value is -2.47. The van der Waals surface area contributed by atoms with Crippen molar-refractivity contribution >= 4 is 28.5 Å². The van der Waals surface area contributed by atoms with Crippen LogP contribution in [0.4, 0.5) is 5.69 Å². The molecule has 0 aromatic heterocycles. The molecule has 1 amide bonds. The molecule has 0 bridgehead atoms. The molecule has 0 N–H and O–H groups in total. The molecule has 2 aromatic rings. The highest BCUT2D eigenvalue weighted by atomic mass is 32.2. The van der Waals surface area contributed by atoms with Gasteiger partial charge in [0.15, 0.2) is 23.3 Å². The van der Waals surface area contributed by atoms with Crippen LogP contribution in [-0.4, -0.2) is 41.5 Å². The lowest BCUT2D eigenvalue weighted by Crippen LogP contribution is -2.41. The fraction of sp³-hybridized carbons (Fsp3) is 0.333. The molecule has 0 radical (unpaired) electrons. The summed E-state index contributed by atoms with van der Waals surface area (Å²) in [4.78, 5) is 19.4. The molecular weight excluding hydrogens is 360 g/mol. The van der Waals surface area contributed by atoms with E-state index >= 15 is 0 Å². The first-order valence-electron chi connectivity index (χ1n) is 8.98. The van der Waals surface area contributed by atoms with E-state index in [1.807, 2.05) is 49.4 Å². The summed E-state index contributed by atoms with van der Waals surface area (Å²) >= 11 is 1.62. The summed E-state index contributed by atoms with van der Waals surface area (Å²) in [5.74, 6) is 1.93. The third-order valence-electron chi connectivity index (χ3n) is 4.36. The summed E-state index contributed by atoms with van der Waals surface area (Å²) in [7, 11) is 1.58. The molecular formula is C21H24N2O3S. The Morgan fingerprint density at radius 3 is 2.70 bits per heavy atom. The van der Waals surface area contributed by atoms with Crippen molar-refractivity contribution in [1.82, 2.24) is 4.90 Å². The highest BCUT2D eigenvalue weighted by Crippen LogP contribution is 2.30. The number of amidine groups is 1. The fourth-order valence-corrected chi connectivity index (χ4v) is 4.21. The monoisotopic (exact) mass is 384 g/mol. The first-order valence-corrected chi connectivity index (χ1v) is 9.97. The van der Waals surface area contributed by atoms with Gasteiger partial charge in [-0.2, -0.15) is 0 Å². The molecule has 0 spiro atoms. The number of nitrogens with zero attached hydrogens (tertiary/aromatic N) is 2. The van der Waals surface area contributed by atoms with Crippen LogP contribution in [0.15, 0.2) is 53.5 Å². The smallest absolute Gasteiger partial charge is 0.266 e. The van der Waals surface area contributed by atoms with Crippen molar-refractivity contribution in [2.45, 2.75) is 26.3 Å². The van der Waals surface area contributed by atoms with E-state index in [1.165, 1.54) is 0 Å². The number of amides is 1. The van der Waals surface area contributed by atoms with E-state index in [0.717, 1.165) is 28.6 Å². The van der Waals surface area contributed by atoms with E-state index in [0.29, 0.717) is 11.5 Å². The van der Waals surface area contributed by atoms with Crippen LogP contribution >= 0.6 is 11.8 Å². The molecule has 2 aromatic carbocycles. The molecule has 1 fully saturated rings. The predicted molar refractivity (Wildman–Crippen MR) is 110 cm³/mol. The third-order valence-corrected chi connectivity index (χ3v) is 5.46. The Bertz CT molecular complexity index is 838. The number of carbonyl (C=O) groups excluding carboxylic acids is 1. The van der Waals surface area contributed by atoms with Crippen molar-refractivity contribution in [2.75, 3.05) is 19.5 Å². The van der Waals surface area contributed by atoms with Gasteiger partial charge in [-0.05, 0) is 43.2 Å². The van der Waals surface area contributed by atoms with Gasteiger partial charge in [0.05, 0.1) is 12.8 Å². The summed E-state index contributed by atoms with van der Waals surface area (Å²) in [6, 6.07) is 15.4. The van der Waals surface area contributed by atoms with Gasteiger partial charge in [-0.3, -0.25) is 9.69 Å². The lowest BCUT2D eigenvalue weighted by Gasteiger charge is -2.23. The molecule has 0 unspecified atom stereocenters. The average Bonchev–Trinajstić information content (AvgIpc) is 3.09. The average molecular weight is 385 g/mol. The van der Waals surface area contributed by atoms with Crippen molar-refractivity contribution < 1.29 is 14.3 Å². The maximum Gasteiger partial charge on any atom is 0.266 e. The normalized spacial score (nSPS) is 18.0. The van der Waals surface area contributed by atoms with Crippen LogP contribution in [0.1, 0.15) is 18.9 Å². The van der Waals surface area contributed by atoms with Crippen LogP contribution in [0.3, 0.4) is 0 Å². The summed E-state index contributed by atoms with van der Waals surface area (Å²) in [6.07, 6.45) is 0.875. The zero-order valence-corrected chi connectivity index (χ0v) is 16.7. The lowest BCUT2D eigenvalue weighted by molar-refractivity contribution is -0.130. The molecule has 1 aliphatic rings. The predicted octanol–water partition coefficient (Wildman–Crippen LogP) is 4.42. The molecule has 0 aliphatic carbocycles. The van der Waals surface area contributed by atoms with Gasteiger partial charge in [-0.15, -0.1) is 0 Å². The third kappa shape index (κ3) is 4.63. The Labute approximate surface area is 164 Å². The van der Waals surface area contributed by atoms with Crippen LogP contribution in [0.5, 0.6) is 11.5 Å². The molecule has 142 valence electrons. The van der Waals surface area contributed by atoms with Crippen molar-refractivity contribution in [3.63, 3.8) is 0 Å². The van der Waals surface area contributed by atoms with Gasteiger partial charge in [0.1, 0.15) is 0 Å². The van der Waals surface area contributed by atoms with E-state index in [-0.39, 0.29) is 18.6 Å². The number of carbonyl (C=O) groups is 1. The Kier molecular flexibility index (Phi) is 6.40. The molecule has 1 saturated heterocycles. The molecule has 1 heterocycles. The van der Waals surface area contributed by atoms with E-state index in [9.17, 15) is 4.79 Å². The number of hydrogen-bond acceptors (Lipinski definition) is 5. The number of ether oxygens (including phenoxy) is 2. The van der Waals surface area contributed by atoms with E-state index in [2.05, 4.69) is 6.92 Å². The summed E-state index contributed by atoms with van der Waals surface area (Å²) in [5.41, 5.74) is 2.00. The van der Waals surface area contributed by atoms with Crippen LogP contribution in [0, 0.1) is 6.92 Å². The Balaban J connectivity index is 1.77. The number of hydrogen-bond donors (Lipinski definition) is 0. The molecule has 5 nitrogen and oxygen atoms in total. The second kappa shape index (κ2) is 8.95. The second-order valence-corrected chi connectivity index (χ2v) is 7.30. The zero-order valence-electron chi connectivity index (χ0n) is 15.8. The van der Waals surface area contributed by atoms with Crippen LogP contribution in [0.2, 0.25) is 0 Å². The van der Waals surface area contributed by atoms with Gasteiger partial charge in [-0.1, -0.05) is 43.0 Å². The highest BCUT2D eigenvalue weighted by molar-refractivity contribution is 8.14. The van der Waals surface area contributed by atoms with Crippen molar-refractivity contribution in [2.24, 2.45) is 4.99 Å². The largest absolute Gasteiger partial charge is 0.493 e. The molecule has 0 saturated carbocycles. The van der Waals surface area contributed by atoms with Gasteiger partial charge in [0.25, 0.3) is 5.91 Å². The van der Waals surface area contributed by atoms with Crippen LogP contribution in [0.25, 0.3) is 0 Å². The minimum Gasteiger partial charge on any atom is -0.493 e. The summed E-state index contributed by atoms with van der Waals surface area (Å²) in [6.45, 7) is 4.07. The molecule has 1 atom stereocenters. The van der Waals surface area contributed by atoms with E-state index < -0.39 is 0 Å². The SMILES string of the molecule is CC[C@@H]1CSC(=Nc2cccc(C)c2)N1C(=O)COc1ccccc1OC. The molecule has 6 heteroatoms. The topological polar surface area (TPSA) is 51.1 Å². The second-order valence-electron chi connectivity index (χ2n) is 6.31. The van der Waals surface area contributed by atoms with Crippen LogP contribution < -0.4 is 9.47 Å². The number of aryl methyl sites for hydroxylation is 1. The van der Waals surface area contributed by atoms with Gasteiger partial charge in [0.2, 0.25) is 0 Å². The number of thioether (sulfide) groups is 1. The number of methoxy groups -OCH3 is 1. The van der Waals surface area contributed by atoms with Crippen molar-refractivity contribution in [1.29, 1.82) is 0 Å². The number of aliphatic imine (C=N–C) groups is 1. The van der Waals surface area contributed by atoms with Crippen molar-refractivity contribution in [3.8, 4) is 11.5 Å². The van der Waals surface area contributed by atoms with Gasteiger partial charge in [0, 0.05) is 11.8 Å². The quantitative estimate of drug-likeness (QED) is 0.740. The van der Waals surface area contributed by atoms with E-state index in [4.69, 9.17) is 14.5 Å². The van der Waals surface area contributed by atoms with Gasteiger partial charge >= 0.3 is 0 Å². The number of para-hydroxylation sites is 2. The lowest BCUT2D eigenvalue weighted by atomic mass is 10.2. The number of rotatable bonds is 6.